The number of para-hydroxylation sites is 1. The van der Waals surface area contributed by atoms with E-state index in [1.54, 1.807) is 0 Å². The molecular weight excluding hydrogens is 381 g/mol. The first-order valence-corrected chi connectivity index (χ1v) is 8.37. The molecule has 7 nitrogen and oxygen atoms in total. The first-order valence-electron chi connectivity index (χ1n) is 7.61. The molecule has 0 fully saturated rings. The monoisotopic (exact) mass is 393 g/mol. The molecule has 0 aliphatic heterocycles. The molecule has 0 radical (unpaired) electrons. The molecule has 0 aliphatic carbocycles. The Balaban J connectivity index is 1.69. The van der Waals surface area contributed by atoms with Crippen molar-refractivity contribution in [3.8, 4) is 17.1 Å². The van der Waals surface area contributed by atoms with Gasteiger partial charge in [0.25, 0.3) is 5.89 Å². The normalized spacial score (nSPS) is 10.6. The number of benzene rings is 1. The van der Waals surface area contributed by atoms with E-state index >= 15 is 0 Å². The highest BCUT2D eigenvalue weighted by Gasteiger charge is 2.16. The first kappa shape index (κ1) is 18.2. The summed E-state index contributed by atoms with van der Waals surface area (Å²) >= 11 is 11.5. The Morgan fingerprint density at radius 3 is 2.85 bits per heavy atom. The maximum atomic E-state index is 12.0. The quantitative estimate of drug-likeness (QED) is 0.458. The molecule has 0 amide bonds. The molecule has 9 heteroatoms. The Hall–Kier alpha value is -2.64. The average molecular weight is 394 g/mol. The molecule has 1 aromatic carbocycles. The summed E-state index contributed by atoms with van der Waals surface area (Å²) in [6, 6.07) is 8.68. The van der Waals surface area contributed by atoms with Crippen LogP contribution in [0.25, 0.3) is 11.4 Å². The fraction of sp³-hybridized carbons (Fsp3) is 0.176. The van der Waals surface area contributed by atoms with Crippen molar-refractivity contribution < 1.29 is 18.8 Å². The van der Waals surface area contributed by atoms with E-state index in [1.165, 1.54) is 12.3 Å². The van der Waals surface area contributed by atoms with E-state index in [-0.39, 0.29) is 28.2 Å². The van der Waals surface area contributed by atoms with Crippen LogP contribution in [0.4, 0.5) is 0 Å². The van der Waals surface area contributed by atoms with Crippen LogP contribution in [0.5, 0.6) is 5.75 Å². The van der Waals surface area contributed by atoms with Crippen LogP contribution in [0, 0.1) is 0 Å². The Morgan fingerprint density at radius 2 is 2.08 bits per heavy atom. The van der Waals surface area contributed by atoms with Crippen molar-refractivity contribution in [1.82, 2.24) is 15.1 Å². The lowest BCUT2D eigenvalue weighted by molar-refractivity contribution is 0.0429. The summed E-state index contributed by atoms with van der Waals surface area (Å²) in [5, 5.41) is 4.17. The number of ether oxygens (including phenoxy) is 2. The molecule has 3 aromatic rings. The number of carbonyl (C=O) groups excluding carboxylic acids is 1. The molecule has 0 aliphatic rings. The van der Waals surface area contributed by atoms with Crippen molar-refractivity contribution in [2.45, 2.75) is 13.5 Å². The third-order valence-corrected chi connectivity index (χ3v) is 3.94. The maximum absolute atomic E-state index is 12.0. The van der Waals surface area contributed by atoms with Crippen LogP contribution in [-0.4, -0.2) is 27.7 Å². The third kappa shape index (κ3) is 4.12. The zero-order valence-corrected chi connectivity index (χ0v) is 15.1. The van der Waals surface area contributed by atoms with Gasteiger partial charge in [-0.25, -0.2) is 9.78 Å². The van der Waals surface area contributed by atoms with Crippen LogP contribution >= 0.6 is 23.2 Å². The predicted octanol–water partition coefficient (Wildman–Crippen LogP) is 4.19. The number of carbonyl (C=O) groups is 1. The molecule has 134 valence electrons. The van der Waals surface area contributed by atoms with Crippen molar-refractivity contribution >= 4 is 29.2 Å². The highest BCUT2D eigenvalue weighted by molar-refractivity contribution is 6.41. The van der Waals surface area contributed by atoms with Crippen molar-refractivity contribution in [1.29, 1.82) is 0 Å². The number of esters is 1. The van der Waals surface area contributed by atoms with Gasteiger partial charge in [-0.1, -0.05) is 40.5 Å². The molecule has 3 rings (SSSR count). The Kier molecular flexibility index (Phi) is 5.70. The van der Waals surface area contributed by atoms with Gasteiger partial charge in [-0.05, 0) is 25.1 Å². The summed E-state index contributed by atoms with van der Waals surface area (Å²) < 4.78 is 15.8. The number of hydrogen-bond acceptors (Lipinski definition) is 7. The lowest BCUT2D eigenvalue weighted by Gasteiger charge is -2.06. The van der Waals surface area contributed by atoms with Gasteiger partial charge in [-0.3, -0.25) is 0 Å². The van der Waals surface area contributed by atoms with Gasteiger partial charge in [0.2, 0.25) is 5.82 Å². The van der Waals surface area contributed by atoms with Crippen molar-refractivity contribution in [2.75, 3.05) is 6.61 Å². The summed E-state index contributed by atoms with van der Waals surface area (Å²) in [4.78, 5) is 20.0. The molecule has 0 saturated heterocycles. The van der Waals surface area contributed by atoms with Crippen molar-refractivity contribution in [3.05, 3.63) is 58.2 Å². The molecule has 0 bridgehead atoms. The second kappa shape index (κ2) is 8.16. The summed E-state index contributed by atoms with van der Waals surface area (Å²) in [5.41, 5.74) is 0.852. The van der Waals surface area contributed by atoms with Gasteiger partial charge in [-0.2, -0.15) is 4.98 Å². The topological polar surface area (TPSA) is 87.3 Å². The second-order valence-corrected chi connectivity index (χ2v) is 5.78. The SMILES string of the molecule is CCOc1ccccc1-c1noc(COC(=O)c2cnc(Cl)c(Cl)c2)n1. The highest BCUT2D eigenvalue weighted by atomic mass is 35.5. The van der Waals surface area contributed by atoms with E-state index in [0.29, 0.717) is 23.7 Å². The summed E-state index contributed by atoms with van der Waals surface area (Å²) in [7, 11) is 0. The van der Waals surface area contributed by atoms with Gasteiger partial charge in [0, 0.05) is 6.20 Å². The number of pyridine rings is 1. The molecule has 2 heterocycles. The highest BCUT2D eigenvalue weighted by Crippen LogP contribution is 2.27. The second-order valence-electron chi connectivity index (χ2n) is 5.01. The molecule has 0 unspecified atom stereocenters. The minimum absolute atomic E-state index is 0.109. The number of halogens is 2. The number of nitrogens with zero attached hydrogens (tertiary/aromatic N) is 3. The van der Waals surface area contributed by atoms with E-state index in [9.17, 15) is 4.79 Å². The molecule has 26 heavy (non-hydrogen) atoms. The van der Waals surface area contributed by atoms with Gasteiger partial charge in [0.05, 0.1) is 22.8 Å². The fourth-order valence-corrected chi connectivity index (χ4v) is 2.37. The molecular formula is C17H13Cl2N3O4. The van der Waals surface area contributed by atoms with Gasteiger partial charge in [0.15, 0.2) is 6.61 Å². The Labute approximate surface area is 158 Å². The summed E-state index contributed by atoms with van der Waals surface area (Å²) in [6.45, 7) is 2.20. The van der Waals surface area contributed by atoms with E-state index in [4.69, 9.17) is 37.2 Å². The van der Waals surface area contributed by atoms with Gasteiger partial charge in [-0.15, -0.1) is 0 Å². The van der Waals surface area contributed by atoms with E-state index in [0.717, 1.165) is 0 Å². The van der Waals surface area contributed by atoms with Gasteiger partial charge in [0.1, 0.15) is 10.9 Å². The maximum Gasteiger partial charge on any atom is 0.340 e. The smallest absolute Gasteiger partial charge is 0.340 e. The standard InChI is InChI=1S/C17H13Cl2N3O4/c1-2-24-13-6-4-3-5-11(13)16-21-14(26-22-16)9-25-17(23)10-7-12(18)15(19)20-8-10/h3-8H,2,9H2,1H3. The number of aromatic nitrogens is 3. The predicted molar refractivity (Wildman–Crippen MR) is 94.3 cm³/mol. The zero-order chi connectivity index (χ0) is 18.5. The van der Waals surface area contributed by atoms with Gasteiger partial charge >= 0.3 is 5.97 Å². The molecule has 0 saturated carbocycles. The van der Waals surface area contributed by atoms with Gasteiger partial charge < -0.3 is 14.0 Å². The van der Waals surface area contributed by atoms with Crippen molar-refractivity contribution in [2.24, 2.45) is 0 Å². The molecule has 0 spiro atoms. The summed E-state index contributed by atoms with van der Waals surface area (Å²) in [6.07, 6.45) is 1.27. The minimum Gasteiger partial charge on any atom is -0.493 e. The minimum atomic E-state index is -0.634. The van der Waals surface area contributed by atoms with Crippen LogP contribution in [0.1, 0.15) is 23.2 Å². The number of hydrogen-bond donors (Lipinski definition) is 0. The summed E-state index contributed by atoms with van der Waals surface area (Å²) in [5.74, 6) is 0.496. The molecule has 0 atom stereocenters. The van der Waals surface area contributed by atoms with Crippen LogP contribution in [0.3, 0.4) is 0 Å². The Bertz CT molecular complexity index is 930. The van der Waals surface area contributed by atoms with Crippen LogP contribution in [-0.2, 0) is 11.3 Å². The average Bonchev–Trinajstić information content (AvgIpc) is 3.11. The van der Waals surface area contributed by atoms with E-state index < -0.39 is 5.97 Å². The molecule has 2 aromatic heterocycles. The van der Waals surface area contributed by atoms with E-state index in [1.807, 2.05) is 31.2 Å². The largest absolute Gasteiger partial charge is 0.493 e. The Morgan fingerprint density at radius 1 is 1.27 bits per heavy atom. The lowest BCUT2D eigenvalue weighted by atomic mass is 10.2. The van der Waals surface area contributed by atoms with Crippen LogP contribution < -0.4 is 4.74 Å². The fourth-order valence-electron chi connectivity index (χ4n) is 2.10. The first-order chi connectivity index (χ1) is 12.6. The van der Waals surface area contributed by atoms with E-state index in [2.05, 4.69) is 15.1 Å². The lowest BCUT2D eigenvalue weighted by Crippen LogP contribution is -2.06. The molecule has 0 N–H and O–H groups in total. The van der Waals surface area contributed by atoms with Crippen LogP contribution in [0.2, 0.25) is 10.2 Å². The van der Waals surface area contributed by atoms with Crippen LogP contribution in [0.15, 0.2) is 41.1 Å². The third-order valence-electron chi connectivity index (χ3n) is 3.25. The van der Waals surface area contributed by atoms with Crippen molar-refractivity contribution in [3.63, 3.8) is 0 Å². The number of rotatable bonds is 6. The zero-order valence-electron chi connectivity index (χ0n) is 13.6.